The molecule has 0 radical (unpaired) electrons. The van der Waals surface area contributed by atoms with Crippen molar-refractivity contribution in [1.29, 1.82) is 0 Å². The first kappa shape index (κ1) is 13.9. The fraction of sp³-hybridized carbons (Fsp3) is 0.562. The van der Waals surface area contributed by atoms with Gasteiger partial charge in [0.2, 0.25) is 0 Å². The van der Waals surface area contributed by atoms with E-state index in [9.17, 15) is 4.79 Å². The molecule has 0 saturated heterocycles. The Labute approximate surface area is 115 Å². The predicted molar refractivity (Wildman–Crippen MR) is 76.4 cm³/mol. The molecule has 1 aliphatic rings. The summed E-state index contributed by atoms with van der Waals surface area (Å²) in [7, 11) is 0. The zero-order chi connectivity index (χ0) is 13.9. The van der Waals surface area contributed by atoms with Crippen LogP contribution in [0.1, 0.15) is 39.2 Å². The van der Waals surface area contributed by atoms with Crippen molar-refractivity contribution in [3.63, 3.8) is 0 Å². The van der Waals surface area contributed by atoms with E-state index in [1.165, 1.54) is 12.8 Å². The quantitative estimate of drug-likeness (QED) is 0.885. The molecule has 3 heteroatoms. The molecule has 1 aromatic rings. The number of hydrogen-bond donors (Lipinski definition) is 1. The maximum absolute atomic E-state index is 11.7. The molecule has 104 valence electrons. The van der Waals surface area contributed by atoms with Crippen LogP contribution in [0, 0.1) is 5.92 Å². The average Bonchev–Trinajstić information content (AvgIpc) is 3.17. The van der Waals surface area contributed by atoms with Crippen molar-refractivity contribution in [3.05, 3.63) is 29.8 Å². The third-order valence-corrected chi connectivity index (χ3v) is 3.34. The number of benzene rings is 1. The van der Waals surface area contributed by atoms with Crippen molar-refractivity contribution in [3.8, 4) is 5.75 Å². The summed E-state index contributed by atoms with van der Waals surface area (Å²) in [5, 5.41) is 2.91. The number of nitrogens with one attached hydrogen (secondary N) is 1. The first-order chi connectivity index (χ1) is 8.97. The molecule has 0 heterocycles. The van der Waals surface area contributed by atoms with Crippen LogP contribution in [0.4, 0.5) is 0 Å². The van der Waals surface area contributed by atoms with Gasteiger partial charge in [0.25, 0.3) is 5.91 Å². The Bertz CT molecular complexity index is 444. The van der Waals surface area contributed by atoms with Crippen LogP contribution in [-0.4, -0.2) is 19.1 Å². The zero-order valence-electron chi connectivity index (χ0n) is 12.0. The maximum Gasteiger partial charge on any atom is 0.257 e. The molecule has 19 heavy (non-hydrogen) atoms. The van der Waals surface area contributed by atoms with Gasteiger partial charge in [-0.25, -0.2) is 0 Å². The molecule has 0 spiro atoms. The SMILES string of the molecule is CC(C)(C)c1ccccc1OCC(=O)NCC1CC1. The molecule has 0 bridgehead atoms. The van der Waals surface area contributed by atoms with E-state index in [0.29, 0.717) is 5.92 Å². The minimum absolute atomic E-state index is 0.0150. The van der Waals surface area contributed by atoms with Crippen LogP contribution in [0.15, 0.2) is 24.3 Å². The van der Waals surface area contributed by atoms with Crippen molar-refractivity contribution >= 4 is 5.91 Å². The average molecular weight is 261 g/mol. The predicted octanol–water partition coefficient (Wildman–Crippen LogP) is 2.89. The highest BCUT2D eigenvalue weighted by molar-refractivity contribution is 5.77. The van der Waals surface area contributed by atoms with Crippen LogP contribution >= 0.6 is 0 Å². The van der Waals surface area contributed by atoms with Crippen LogP contribution in [0.25, 0.3) is 0 Å². The summed E-state index contributed by atoms with van der Waals surface area (Å²) in [6.45, 7) is 7.32. The first-order valence-corrected chi connectivity index (χ1v) is 6.96. The van der Waals surface area contributed by atoms with Crippen LogP contribution in [0.2, 0.25) is 0 Å². The third-order valence-electron chi connectivity index (χ3n) is 3.34. The molecule has 0 unspecified atom stereocenters. The van der Waals surface area contributed by atoms with Crippen molar-refractivity contribution in [1.82, 2.24) is 5.32 Å². The lowest BCUT2D eigenvalue weighted by molar-refractivity contribution is -0.123. The van der Waals surface area contributed by atoms with Gasteiger partial charge in [-0.05, 0) is 35.8 Å². The zero-order valence-corrected chi connectivity index (χ0v) is 12.0. The van der Waals surface area contributed by atoms with E-state index in [4.69, 9.17) is 4.74 Å². The molecule has 1 aliphatic carbocycles. The number of para-hydroxylation sites is 1. The van der Waals surface area contributed by atoms with E-state index in [-0.39, 0.29) is 17.9 Å². The second-order valence-corrected chi connectivity index (χ2v) is 6.28. The Balaban J connectivity index is 1.89. The Kier molecular flexibility index (Phi) is 4.13. The summed E-state index contributed by atoms with van der Waals surface area (Å²) in [6, 6.07) is 7.92. The van der Waals surface area contributed by atoms with E-state index in [1.54, 1.807) is 0 Å². The Morgan fingerprint density at radius 2 is 2.00 bits per heavy atom. The minimum atomic E-state index is -0.0318. The molecule has 1 fully saturated rings. The number of rotatable bonds is 5. The summed E-state index contributed by atoms with van der Waals surface area (Å²) in [6.07, 6.45) is 2.49. The van der Waals surface area contributed by atoms with Crippen molar-refractivity contribution in [2.75, 3.05) is 13.2 Å². The summed E-state index contributed by atoms with van der Waals surface area (Å²) in [4.78, 5) is 11.7. The van der Waals surface area contributed by atoms with Crippen LogP contribution in [0.3, 0.4) is 0 Å². The molecule has 1 saturated carbocycles. The van der Waals surface area contributed by atoms with Gasteiger partial charge >= 0.3 is 0 Å². The number of carbonyl (C=O) groups is 1. The molecule has 1 N–H and O–H groups in total. The standard InChI is InChI=1S/C16H23NO2/c1-16(2,3)13-6-4-5-7-14(13)19-11-15(18)17-10-12-8-9-12/h4-7,12H,8-11H2,1-3H3,(H,17,18). The first-order valence-electron chi connectivity index (χ1n) is 6.96. The molecular formula is C16H23NO2. The summed E-state index contributed by atoms with van der Waals surface area (Å²) >= 11 is 0. The lowest BCUT2D eigenvalue weighted by Gasteiger charge is -2.22. The topological polar surface area (TPSA) is 38.3 Å². The Hall–Kier alpha value is -1.51. The van der Waals surface area contributed by atoms with E-state index in [1.807, 2.05) is 18.2 Å². The van der Waals surface area contributed by atoms with E-state index in [0.717, 1.165) is 17.9 Å². The monoisotopic (exact) mass is 261 g/mol. The molecular weight excluding hydrogens is 238 g/mol. The molecule has 0 aromatic heterocycles. The fourth-order valence-electron chi connectivity index (χ4n) is 1.99. The fourth-order valence-corrected chi connectivity index (χ4v) is 1.99. The summed E-state index contributed by atoms with van der Waals surface area (Å²) in [5.41, 5.74) is 1.14. The lowest BCUT2D eigenvalue weighted by atomic mass is 9.86. The van der Waals surface area contributed by atoms with E-state index in [2.05, 4.69) is 32.2 Å². The second kappa shape index (κ2) is 5.64. The molecule has 2 rings (SSSR count). The molecule has 0 aliphatic heterocycles. The number of amides is 1. The maximum atomic E-state index is 11.7. The van der Waals surface area contributed by atoms with Gasteiger partial charge in [0.15, 0.2) is 6.61 Å². The van der Waals surface area contributed by atoms with Gasteiger partial charge in [0.05, 0.1) is 0 Å². The molecule has 1 amide bonds. The number of carbonyl (C=O) groups excluding carboxylic acids is 1. The smallest absolute Gasteiger partial charge is 0.257 e. The molecule has 0 atom stereocenters. The second-order valence-electron chi connectivity index (χ2n) is 6.28. The van der Waals surface area contributed by atoms with Gasteiger partial charge in [-0.3, -0.25) is 4.79 Å². The molecule has 1 aromatic carbocycles. The van der Waals surface area contributed by atoms with Gasteiger partial charge in [-0.1, -0.05) is 39.0 Å². The lowest BCUT2D eigenvalue weighted by Crippen LogP contribution is -2.30. The summed E-state index contributed by atoms with van der Waals surface area (Å²) < 4.78 is 5.67. The largest absolute Gasteiger partial charge is 0.483 e. The highest BCUT2D eigenvalue weighted by Gasteiger charge is 2.22. The minimum Gasteiger partial charge on any atom is -0.483 e. The van der Waals surface area contributed by atoms with Gasteiger partial charge in [-0.2, -0.15) is 0 Å². The van der Waals surface area contributed by atoms with Crippen molar-refractivity contribution in [2.45, 2.75) is 39.0 Å². The van der Waals surface area contributed by atoms with Gasteiger partial charge in [-0.15, -0.1) is 0 Å². The van der Waals surface area contributed by atoms with Gasteiger partial charge < -0.3 is 10.1 Å². The van der Waals surface area contributed by atoms with Crippen LogP contribution in [0.5, 0.6) is 5.75 Å². The Morgan fingerprint density at radius 3 is 2.63 bits per heavy atom. The third kappa shape index (κ3) is 4.27. The number of hydrogen-bond acceptors (Lipinski definition) is 2. The van der Waals surface area contributed by atoms with Gasteiger partial charge in [0.1, 0.15) is 5.75 Å². The highest BCUT2D eigenvalue weighted by Crippen LogP contribution is 2.31. The van der Waals surface area contributed by atoms with Crippen LogP contribution < -0.4 is 10.1 Å². The number of ether oxygens (including phenoxy) is 1. The van der Waals surface area contributed by atoms with E-state index >= 15 is 0 Å². The van der Waals surface area contributed by atoms with E-state index < -0.39 is 0 Å². The van der Waals surface area contributed by atoms with Crippen molar-refractivity contribution in [2.24, 2.45) is 5.92 Å². The van der Waals surface area contributed by atoms with Crippen LogP contribution in [-0.2, 0) is 10.2 Å². The van der Waals surface area contributed by atoms with Crippen molar-refractivity contribution < 1.29 is 9.53 Å². The molecule has 3 nitrogen and oxygen atoms in total. The normalized spacial score (nSPS) is 15.1. The summed E-state index contributed by atoms with van der Waals surface area (Å²) in [5.74, 6) is 1.47. The van der Waals surface area contributed by atoms with Gasteiger partial charge in [0, 0.05) is 6.54 Å². The highest BCUT2D eigenvalue weighted by atomic mass is 16.5. The Morgan fingerprint density at radius 1 is 1.32 bits per heavy atom.